The van der Waals surface area contributed by atoms with E-state index in [1.165, 1.54) is 17.3 Å². The van der Waals surface area contributed by atoms with Gasteiger partial charge in [-0.15, -0.1) is 10.2 Å². The molecule has 0 saturated heterocycles. The van der Waals surface area contributed by atoms with Gasteiger partial charge in [0.1, 0.15) is 0 Å². The Morgan fingerprint density at radius 2 is 1.66 bits per heavy atom. The van der Waals surface area contributed by atoms with Crippen molar-refractivity contribution in [2.75, 3.05) is 0 Å². The highest BCUT2D eigenvalue weighted by Gasteiger charge is 2.14. The van der Waals surface area contributed by atoms with Crippen LogP contribution < -0.4 is 0 Å². The number of hydrogen-bond acceptors (Lipinski definition) is 7. The molecule has 0 fully saturated rings. The van der Waals surface area contributed by atoms with Crippen LogP contribution in [0.1, 0.15) is 42.3 Å². The number of thioether (sulfide) groups is 1. The lowest BCUT2D eigenvalue weighted by atomic mass is 10.0. The molecule has 6 nitrogen and oxygen atoms in total. The Hall–Kier alpha value is -2.93. The summed E-state index contributed by atoms with van der Waals surface area (Å²) in [6.45, 7) is 8.43. The van der Waals surface area contributed by atoms with Crippen molar-refractivity contribution in [3.8, 4) is 22.8 Å². The van der Waals surface area contributed by atoms with Gasteiger partial charge in [0, 0.05) is 11.1 Å². The lowest BCUT2D eigenvalue weighted by Crippen LogP contribution is -1.88. The number of rotatable bonds is 6. The van der Waals surface area contributed by atoms with Crippen LogP contribution in [0.3, 0.4) is 0 Å². The van der Waals surface area contributed by atoms with Gasteiger partial charge < -0.3 is 8.94 Å². The molecule has 0 N–H and O–H groups in total. The Kier molecular flexibility index (Phi) is 5.49. The lowest BCUT2D eigenvalue weighted by molar-refractivity contribution is 0.391. The fraction of sp³-hybridized carbons (Fsp3) is 0.273. The zero-order valence-electron chi connectivity index (χ0n) is 16.8. The van der Waals surface area contributed by atoms with Gasteiger partial charge in [-0.05, 0) is 37.5 Å². The van der Waals surface area contributed by atoms with E-state index in [2.05, 4.69) is 52.4 Å². The fourth-order valence-corrected chi connectivity index (χ4v) is 3.65. The summed E-state index contributed by atoms with van der Waals surface area (Å²) in [4.78, 5) is 4.47. The van der Waals surface area contributed by atoms with Crippen LogP contribution in [0.2, 0.25) is 0 Å². The molecule has 7 heteroatoms. The SMILES string of the molecule is Cc1cc(C)cc(-c2nnc(SCc3nc(-c4ccc(C(C)C)cc4)no3)o2)c1. The predicted octanol–water partition coefficient (Wildman–Crippen LogP) is 5.82. The van der Waals surface area contributed by atoms with E-state index in [0.29, 0.717) is 34.5 Å². The zero-order chi connectivity index (χ0) is 20.4. The van der Waals surface area contributed by atoms with Crippen molar-refractivity contribution in [3.05, 3.63) is 65.0 Å². The van der Waals surface area contributed by atoms with Gasteiger partial charge in [-0.1, -0.05) is 72.2 Å². The normalized spacial score (nSPS) is 11.3. The van der Waals surface area contributed by atoms with Gasteiger partial charge in [0.15, 0.2) is 0 Å². The molecule has 0 aliphatic carbocycles. The zero-order valence-corrected chi connectivity index (χ0v) is 17.7. The largest absolute Gasteiger partial charge is 0.411 e. The Labute approximate surface area is 173 Å². The minimum absolute atomic E-state index is 0.464. The Morgan fingerprint density at radius 3 is 2.34 bits per heavy atom. The van der Waals surface area contributed by atoms with Crippen LogP contribution in [-0.4, -0.2) is 20.3 Å². The molecule has 2 aromatic carbocycles. The Bertz CT molecular complexity index is 1100. The fourth-order valence-electron chi connectivity index (χ4n) is 3.05. The number of benzene rings is 2. The van der Waals surface area contributed by atoms with Crippen LogP contribution in [0, 0.1) is 13.8 Å². The minimum Gasteiger partial charge on any atom is -0.411 e. The number of nitrogens with zero attached hydrogens (tertiary/aromatic N) is 4. The molecule has 2 aromatic heterocycles. The van der Waals surface area contributed by atoms with Crippen molar-refractivity contribution in [3.63, 3.8) is 0 Å². The molecule has 0 aliphatic heterocycles. The standard InChI is InChI=1S/C22H22N4O2S/c1-13(2)16-5-7-17(8-6-16)20-23-19(28-26-20)12-29-22-25-24-21(27-22)18-10-14(3)9-15(4)11-18/h5-11,13H,12H2,1-4H3. The van der Waals surface area contributed by atoms with Crippen molar-refractivity contribution in [1.29, 1.82) is 0 Å². The summed E-state index contributed by atoms with van der Waals surface area (Å²) < 4.78 is 11.1. The van der Waals surface area contributed by atoms with Gasteiger partial charge >= 0.3 is 0 Å². The van der Waals surface area contributed by atoms with Crippen LogP contribution in [0.4, 0.5) is 0 Å². The highest BCUT2D eigenvalue weighted by molar-refractivity contribution is 7.98. The van der Waals surface area contributed by atoms with Crippen LogP contribution in [0.15, 0.2) is 56.6 Å². The molecule has 29 heavy (non-hydrogen) atoms. The van der Waals surface area contributed by atoms with Gasteiger partial charge in [0.05, 0.1) is 5.75 Å². The summed E-state index contributed by atoms with van der Waals surface area (Å²) in [6, 6.07) is 14.4. The quantitative estimate of drug-likeness (QED) is 0.373. The summed E-state index contributed by atoms with van der Waals surface area (Å²) in [6.07, 6.45) is 0. The molecule has 4 rings (SSSR count). The first-order valence-electron chi connectivity index (χ1n) is 9.46. The van der Waals surface area contributed by atoms with E-state index >= 15 is 0 Å². The van der Waals surface area contributed by atoms with Gasteiger partial charge in [0.2, 0.25) is 17.6 Å². The molecule has 148 valence electrons. The summed E-state index contributed by atoms with van der Waals surface area (Å²) in [5, 5.41) is 12.8. The minimum atomic E-state index is 0.464. The third kappa shape index (κ3) is 4.56. The van der Waals surface area contributed by atoms with Crippen molar-refractivity contribution in [1.82, 2.24) is 20.3 Å². The maximum Gasteiger partial charge on any atom is 0.277 e. The maximum absolute atomic E-state index is 5.78. The molecule has 0 amide bonds. The first-order chi connectivity index (χ1) is 14.0. The molecule has 0 aliphatic rings. The molecular formula is C22H22N4O2S. The summed E-state index contributed by atoms with van der Waals surface area (Å²) >= 11 is 1.38. The summed E-state index contributed by atoms with van der Waals surface area (Å²) in [7, 11) is 0. The van der Waals surface area contributed by atoms with Gasteiger partial charge in [0.25, 0.3) is 5.22 Å². The van der Waals surface area contributed by atoms with Crippen molar-refractivity contribution < 1.29 is 8.94 Å². The van der Waals surface area contributed by atoms with E-state index < -0.39 is 0 Å². The van der Waals surface area contributed by atoms with E-state index in [9.17, 15) is 0 Å². The van der Waals surface area contributed by atoms with Gasteiger partial charge in [-0.25, -0.2) is 0 Å². The number of aryl methyl sites for hydroxylation is 2. The Balaban J connectivity index is 1.42. The maximum atomic E-state index is 5.78. The highest BCUT2D eigenvalue weighted by Crippen LogP contribution is 2.27. The summed E-state index contributed by atoms with van der Waals surface area (Å²) in [5.74, 6) is 2.56. The summed E-state index contributed by atoms with van der Waals surface area (Å²) in [5.41, 5.74) is 5.46. The third-order valence-corrected chi connectivity index (χ3v) is 5.30. The first kappa shape index (κ1) is 19.4. The molecule has 4 aromatic rings. The molecule has 0 saturated carbocycles. The molecule has 0 unspecified atom stereocenters. The second kappa shape index (κ2) is 8.21. The average molecular weight is 407 g/mol. The Morgan fingerprint density at radius 1 is 0.931 bits per heavy atom. The monoisotopic (exact) mass is 406 g/mol. The molecule has 0 atom stereocenters. The van der Waals surface area contributed by atoms with Crippen molar-refractivity contribution >= 4 is 11.8 Å². The first-order valence-corrected chi connectivity index (χ1v) is 10.4. The highest BCUT2D eigenvalue weighted by atomic mass is 32.2. The van der Waals surface area contributed by atoms with E-state index in [4.69, 9.17) is 8.94 Å². The van der Waals surface area contributed by atoms with Gasteiger partial charge in [-0.3, -0.25) is 0 Å². The van der Waals surface area contributed by atoms with Crippen LogP contribution in [-0.2, 0) is 5.75 Å². The molecule has 2 heterocycles. The van der Waals surface area contributed by atoms with Crippen LogP contribution >= 0.6 is 11.8 Å². The van der Waals surface area contributed by atoms with Crippen molar-refractivity contribution in [2.24, 2.45) is 0 Å². The molecule has 0 radical (unpaired) electrons. The van der Waals surface area contributed by atoms with E-state index in [1.807, 2.05) is 38.1 Å². The van der Waals surface area contributed by atoms with Crippen molar-refractivity contribution in [2.45, 2.75) is 44.6 Å². The second-order valence-corrected chi connectivity index (χ2v) is 8.25. The van der Waals surface area contributed by atoms with E-state index in [0.717, 1.165) is 22.3 Å². The van der Waals surface area contributed by atoms with E-state index in [1.54, 1.807) is 0 Å². The van der Waals surface area contributed by atoms with Crippen LogP contribution in [0.5, 0.6) is 0 Å². The van der Waals surface area contributed by atoms with Gasteiger partial charge in [-0.2, -0.15) is 4.98 Å². The second-order valence-electron chi connectivity index (χ2n) is 7.33. The molecular weight excluding hydrogens is 384 g/mol. The lowest BCUT2D eigenvalue weighted by Gasteiger charge is -2.04. The third-order valence-electron chi connectivity index (χ3n) is 4.50. The number of aromatic nitrogens is 4. The smallest absolute Gasteiger partial charge is 0.277 e. The topological polar surface area (TPSA) is 77.8 Å². The van der Waals surface area contributed by atoms with Crippen LogP contribution in [0.25, 0.3) is 22.8 Å². The molecule has 0 bridgehead atoms. The average Bonchev–Trinajstić information content (AvgIpc) is 3.35. The number of hydrogen-bond donors (Lipinski definition) is 0. The predicted molar refractivity (Wildman–Crippen MR) is 113 cm³/mol. The molecule has 0 spiro atoms. The van der Waals surface area contributed by atoms with E-state index in [-0.39, 0.29) is 0 Å².